The molecule has 2 amide bonds. The fourth-order valence-electron chi connectivity index (χ4n) is 2.12. The molecule has 8 heteroatoms. The van der Waals surface area contributed by atoms with Gasteiger partial charge in [0.1, 0.15) is 0 Å². The average molecular weight is 373 g/mol. The Morgan fingerprint density at radius 1 is 1.12 bits per heavy atom. The molecule has 0 spiro atoms. The van der Waals surface area contributed by atoms with Crippen LogP contribution in [0.4, 0.5) is 5.69 Å². The summed E-state index contributed by atoms with van der Waals surface area (Å²) in [7, 11) is 1.27. The predicted molar refractivity (Wildman–Crippen MR) is 100 cm³/mol. The lowest BCUT2D eigenvalue weighted by molar-refractivity contribution is -0.120. The van der Waals surface area contributed by atoms with Crippen LogP contribution < -0.4 is 10.7 Å². The van der Waals surface area contributed by atoms with Crippen LogP contribution in [0.1, 0.15) is 28.6 Å². The number of thiophene rings is 1. The first kappa shape index (κ1) is 19.3. The number of benzene rings is 1. The molecule has 1 aromatic carbocycles. The molecule has 0 saturated carbocycles. The molecule has 0 radical (unpaired) electrons. The normalized spacial score (nSPS) is 10.9. The first-order valence-electron chi connectivity index (χ1n) is 7.81. The van der Waals surface area contributed by atoms with Gasteiger partial charge >= 0.3 is 5.97 Å². The number of rotatable bonds is 7. The molecular weight excluding hydrogens is 354 g/mol. The zero-order chi connectivity index (χ0) is 18.9. The lowest BCUT2D eigenvalue weighted by Crippen LogP contribution is -2.23. The van der Waals surface area contributed by atoms with Gasteiger partial charge in [0.05, 0.1) is 31.2 Å². The Balaban J connectivity index is 1.89. The van der Waals surface area contributed by atoms with Crippen LogP contribution in [-0.4, -0.2) is 30.6 Å². The maximum Gasteiger partial charge on any atom is 0.339 e. The van der Waals surface area contributed by atoms with E-state index in [4.69, 9.17) is 0 Å². The Labute approximate surface area is 155 Å². The van der Waals surface area contributed by atoms with Crippen molar-refractivity contribution in [3.05, 3.63) is 52.2 Å². The van der Waals surface area contributed by atoms with Crippen LogP contribution in [0.3, 0.4) is 0 Å². The molecule has 7 nitrogen and oxygen atoms in total. The number of carbonyl (C=O) groups is 3. The molecule has 2 aromatic rings. The minimum atomic E-state index is -0.535. The number of para-hydroxylation sites is 1. The van der Waals surface area contributed by atoms with Gasteiger partial charge in [-0.2, -0.15) is 5.10 Å². The second-order valence-corrected chi connectivity index (χ2v) is 6.43. The minimum Gasteiger partial charge on any atom is -0.465 e. The zero-order valence-electron chi connectivity index (χ0n) is 14.4. The number of amides is 2. The van der Waals surface area contributed by atoms with Crippen molar-refractivity contribution in [2.75, 3.05) is 12.4 Å². The minimum absolute atomic E-state index is 0.0191. The monoisotopic (exact) mass is 373 g/mol. The molecule has 0 aliphatic heterocycles. The van der Waals surface area contributed by atoms with Gasteiger partial charge in [-0.15, -0.1) is 11.3 Å². The smallest absolute Gasteiger partial charge is 0.339 e. The highest BCUT2D eigenvalue weighted by Gasteiger charge is 2.13. The van der Waals surface area contributed by atoms with Crippen molar-refractivity contribution >= 4 is 40.5 Å². The van der Waals surface area contributed by atoms with E-state index in [0.29, 0.717) is 11.4 Å². The van der Waals surface area contributed by atoms with Crippen molar-refractivity contribution < 1.29 is 19.1 Å². The van der Waals surface area contributed by atoms with Crippen LogP contribution in [0.5, 0.6) is 0 Å². The third-order valence-corrected chi connectivity index (χ3v) is 4.19. The number of carbonyl (C=O) groups excluding carboxylic acids is 3. The Morgan fingerprint density at radius 3 is 2.58 bits per heavy atom. The highest BCUT2D eigenvalue weighted by atomic mass is 32.1. The van der Waals surface area contributed by atoms with E-state index in [9.17, 15) is 14.4 Å². The number of hydrazone groups is 1. The van der Waals surface area contributed by atoms with E-state index in [1.165, 1.54) is 18.4 Å². The van der Waals surface area contributed by atoms with Crippen molar-refractivity contribution in [3.63, 3.8) is 0 Å². The summed E-state index contributed by atoms with van der Waals surface area (Å²) in [6.45, 7) is 1.64. The van der Waals surface area contributed by atoms with Crippen LogP contribution in [0.2, 0.25) is 0 Å². The molecule has 1 heterocycles. The third kappa shape index (κ3) is 5.82. The van der Waals surface area contributed by atoms with Gasteiger partial charge in [0.2, 0.25) is 11.8 Å². The SMILES string of the molecule is COC(=O)c1ccccc1NC(=O)C/C(C)=N\NC(=O)Cc1cccs1. The molecule has 0 aliphatic rings. The molecule has 0 aliphatic carbocycles. The first-order chi connectivity index (χ1) is 12.5. The van der Waals surface area contributed by atoms with Crippen molar-refractivity contribution in [1.29, 1.82) is 0 Å². The van der Waals surface area contributed by atoms with Gasteiger partial charge in [0.25, 0.3) is 0 Å². The largest absolute Gasteiger partial charge is 0.465 e. The summed E-state index contributed by atoms with van der Waals surface area (Å²) in [5.41, 5.74) is 3.50. The summed E-state index contributed by atoms with van der Waals surface area (Å²) in [4.78, 5) is 36.6. The van der Waals surface area contributed by atoms with Gasteiger partial charge in [-0.1, -0.05) is 18.2 Å². The molecule has 136 valence electrons. The Bertz CT molecular complexity index is 816. The fourth-order valence-corrected chi connectivity index (χ4v) is 2.82. The number of hydrogen-bond acceptors (Lipinski definition) is 6. The summed E-state index contributed by atoms with van der Waals surface area (Å²) < 4.78 is 4.69. The van der Waals surface area contributed by atoms with Crippen LogP contribution >= 0.6 is 11.3 Å². The summed E-state index contributed by atoms with van der Waals surface area (Å²) in [5.74, 6) is -1.13. The van der Waals surface area contributed by atoms with Gasteiger partial charge in [-0.25, -0.2) is 10.2 Å². The molecule has 0 bridgehead atoms. The standard InChI is InChI=1S/C18H19N3O4S/c1-12(20-21-17(23)11-13-6-5-9-26-13)10-16(22)19-15-8-4-3-7-14(15)18(24)25-2/h3-9H,10-11H2,1-2H3,(H,19,22)(H,21,23)/b20-12-. The summed E-state index contributed by atoms with van der Waals surface area (Å²) in [5, 5.41) is 8.47. The highest BCUT2D eigenvalue weighted by Crippen LogP contribution is 2.16. The van der Waals surface area contributed by atoms with Crippen molar-refractivity contribution in [3.8, 4) is 0 Å². The number of esters is 1. The van der Waals surface area contributed by atoms with Crippen LogP contribution in [0.25, 0.3) is 0 Å². The number of nitrogens with one attached hydrogen (secondary N) is 2. The molecule has 2 N–H and O–H groups in total. The molecule has 1 aromatic heterocycles. The van der Waals surface area contributed by atoms with E-state index in [0.717, 1.165) is 4.88 Å². The molecule has 0 unspecified atom stereocenters. The number of ether oxygens (including phenoxy) is 1. The summed E-state index contributed by atoms with van der Waals surface area (Å²) >= 11 is 1.49. The quantitative estimate of drug-likeness (QED) is 0.443. The Morgan fingerprint density at radius 2 is 1.88 bits per heavy atom. The van der Waals surface area contributed by atoms with Crippen LogP contribution in [-0.2, 0) is 20.7 Å². The Kier molecular flexibility index (Phi) is 7.04. The second-order valence-electron chi connectivity index (χ2n) is 5.40. The van der Waals surface area contributed by atoms with Crippen molar-refractivity contribution in [1.82, 2.24) is 5.43 Å². The zero-order valence-corrected chi connectivity index (χ0v) is 15.3. The molecule has 2 rings (SSSR count). The van der Waals surface area contributed by atoms with Crippen molar-refractivity contribution in [2.24, 2.45) is 5.10 Å². The molecule has 0 saturated heterocycles. The van der Waals surface area contributed by atoms with E-state index >= 15 is 0 Å². The predicted octanol–water partition coefficient (Wildman–Crippen LogP) is 2.60. The maximum absolute atomic E-state index is 12.1. The fraction of sp³-hybridized carbons (Fsp3) is 0.222. The second kappa shape index (κ2) is 9.47. The van der Waals surface area contributed by atoms with Gasteiger partial charge in [-0.05, 0) is 30.5 Å². The van der Waals surface area contributed by atoms with E-state index in [-0.39, 0.29) is 30.2 Å². The van der Waals surface area contributed by atoms with E-state index in [1.807, 2.05) is 17.5 Å². The van der Waals surface area contributed by atoms with Gasteiger partial charge in [-0.3, -0.25) is 9.59 Å². The summed E-state index contributed by atoms with van der Waals surface area (Å²) in [6, 6.07) is 10.3. The maximum atomic E-state index is 12.1. The third-order valence-electron chi connectivity index (χ3n) is 3.31. The van der Waals surface area contributed by atoms with Gasteiger partial charge in [0.15, 0.2) is 0 Å². The van der Waals surface area contributed by atoms with E-state index in [1.54, 1.807) is 31.2 Å². The highest BCUT2D eigenvalue weighted by molar-refractivity contribution is 7.10. The average Bonchev–Trinajstić information content (AvgIpc) is 3.12. The molecule has 26 heavy (non-hydrogen) atoms. The van der Waals surface area contributed by atoms with Gasteiger partial charge < -0.3 is 10.1 Å². The van der Waals surface area contributed by atoms with Crippen LogP contribution in [0.15, 0.2) is 46.9 Å². The van der Waals surface area contributed by atoms with Crippen molar-refractivity contribution in [2.45, 2.75) is 19.8 Å². The van der Waals surface area contributed by atoms with E-state index in [2.05, 4.69) is 20.6 Å². The number of anilines is 1. The summed E-state index contributed by atoms with van der Waals surface area (Å²) in [6.07, 6.45) is 0.224. The first-order valence-corrected chi connectivity index (χ1v) is 8.69. The molecular formula is C18H19N3O4S. The number of hydrogen-bond donors (Lipinski definition) is 2. The van der Waals surface area contributed by atoms with Gasteiger partial charge in [0, 0.05) is 10.6 Å². The lowest BCUT2D eigenvalue weighted by Gasteiger charge is -2.09. The topological polar surface area (TPSA) is 96.9 Å². The molecule has 0 fully saturated rings. The molecule has 0 atom stereocenters. The number of methoxy groups -OCH3 is 1. The number of nitrogens with zero attached hydrogens (tertiary/aromatic N) is 1. The lowest BCUT2D eigenvalue weighted by atomic mass is 10.1. The Hall–Kier alpha value is -3.00. The van der Waals surface area contributed by atoms with E-state index < -0.39 is 5.97 Å². The van der Waals surface area contributed by atoms with Crippen LogP contribution in [0, 0.1) is 0 Å².